The van der Waals surface area contributed by atoms with E-state index in [9.17, 15) is 9.59 Å². The van der Waals surface area contributed by atoms with E-state index < -0.39 is 5.41 Å². The van der Waals surface area contributed by atoms with E-state index >= 15 is 0 Å². The molecule has 0 N–H and O–H groups in total. The number of ether oxygens (including phenoxy) is 1. The van der Waals surface area contributed by atoms with Crippen LogP contribution in [0.15, 0.2) is 47.0 Å². The molecule has 0 aliphatic heterocycles. The first-order chi connectivity index (χ1) is 13.4. The molecule has 6 nitrogen and oxygen atoms in total. The minimum Gasteiger partial charge on any atom is -0.457 e. The summed E-state index contributed by atoms with van der Waals surface area (Å²) in [6.45, 7) is 5.29. The summed E-state index contributed by atoms with van der Waals surface area (Å²) in [5.41, 5.74) is 2.50. The smallest absolute Gasteiger partial charge is 0.317 e. The van der Waals surface area contributed by atoms with Crippen LogP contribution in [0.4, 0.5) is 0 Å². The fraction of sp³-hybridized carbons (Fsp3) is 0.318. The maximum atomic E-state index is 12.7. The molecule has 1 saturated carbocycles. The van der Waals surface area contributed by atoms with Crippen LogP contribution in [0.1, 0.15) is 45.9 Å². The van der Waals surface area contributed by atoms with Crippen molar-refractivity contribution in [2.24, 2.45) is 0 Å². The van der Waals surface area contributed by atoms with E-state index in [1.165, 1.54) is 0 Å². The molecule has 0 unspecified atom stereocenters. The van der Waals surface area contributed by atoms with Crippen molar-refractivity contribution < 1.29 is 18.8 Å². The first kappa shape index (κ1) is 18.2. The molecule has 0 saturated heterocycles. The summed E-state index contributed by atoms with van der Waals surface area (Å²) >= 11 is 0. The Morgan fingerprint density at radius 2 is 1.86 bits per heavy atom. The Kier molecular flexibility index (Phi) is 4.41. The van der Waals surface area contributed by atoms with Crippen LogP contribution in [0.5, 0.6) is 0 Å². The monoisotopic (exact) mass is 378 g/mol. The lowest BCUT2D eigenvalue weighted by Gasteiger charge is -2.14. The van der Waals surface area contributed by atoms with Crippen molar-refractivity contribution in [3.8, 4) is 5.82 Å². The summed E-state index contributed by atoms with van der Waals surface area (Å²) in [4.78, 5) is 25.4. The number of carbonyl (C=O) groups excluding carboxylic acids is 2. The number of benzene rings is 1. The van der Waals surface area contributed by atoms with Gasteiger partial charge in [-0.1, -0.05) is 35.5 Å². The van der Waals surface area contributed by atoms with E-state index in [2.05, 4.69) is 5.16 Å². The third-order valence-corrected chi connectivity index (χ3v) is 5.38. The summed E-state index contributed by atoms with van der Waals surface area (Å²) in [5.74, 6) is 0.772. The maximum Gasteiger partial charge on any atom is 0.317 e. The average molecular weight is 378 g/mol. The fourth-order valence-electron chi connectivity index (χ4n) is 3.70. The number of hydrogen-bond acceptors (Lipinski definition) is 5. The first-order valence-electron chi connectivity index (χ1n) is 9.31. The molecule has 1 aliphatic carbocycles. The molecule has 1 fully saturated rings. The highest BCUT2D eigenvalue weighted by Gasteiger charge is 2.52. The van der Waals surface area contributed by atoms with Crippen molar-refractivity contribution in [1.29, 1.82) is 0 Å². The minimum atomic E-state index is -0.587. The van der Waals surface area contributed by atoms with Gasteiger partial charge < -0.3 is 9.26 Å². The van der Waals surface area contributed by atoms with Crippen LogP contribution in [0.2, 0.25) is 0 Å². The van der Waals surface area contributed by atoms with Gasteiger partial charge in [0.2, 0.25) is 5.78 Å². The number of hydrogen-bond donors (Lipinski definition) is 0. The van der Waals surface area contributed by atoms with Crippen LogP contribution in [-0.2, 0) is 14.9 Å². The zero-order valence-electron chi connectivity index (χ0n) is 16.2. The van der Waals surface area contributed by atoms with Crippen LogP contribution in [0.3, 0.4) is 0 Å². The van der Waals surface area contributed by atoms with Gasteiger partial charge in [-0.2, -0.15) is 0 Å². The molecule has 0 spiro atoms. The van der Waals surface area contributed by atoms with Crippen molar-refractivity contribution in [3.63, 3.8) is 0 Å². The quantitative estimate of drug-likeness (QED) is 0.481. The predicted molar refractivity (Wildman–Crippen MR) is 103 cm³/mol. The van der Waals surface area contributed by atoms with Crippen LogP contribution in [0.25, 0.3) is 5.82 Å². The SMILES string of the molecule is Cc1cc(-n2c(C)cc(C(=O)COC(=O)C3(c4ccccc4)CC3)c2C)no1. The lowest BCUT2D eigenvalue weighted by molar-refractivity contribution is -0.145. The summed E-state index contributed by atoms with van der Waals surface area (Å²) in [6, 6.07) is 13.2. The number of nitrogens with zero attached hydrogens (tertiary/aromatic N) is 2. The molecule has 0 amide bonds. The van der Waals surface area contributed by atoms with Gasteiger partial charge in [-0.3, -0.25) is 14.2 Å². The van der Waals surface area contributed by atoms with Gasteiger partial charge in [0.05, 0.1) is 5.41 Å². The highest BCUT2D eigenvalue weighted by Crippen LogP contribution is 2.49. The summed E-state index contributed by atoms with van der Waals surface area (Å²) in [5, 5.41) is 4.02. The number of carbonyl (C=O) groups is 2. The van der Waals surface area contributed by atoms with Gasteiger partial charge in [-0.25, -0.2) is 0 Å². The third-order valence-electron chi connectivity index (χ3n) is 5.38. The van der Waals surface area contributed by atoms with Crippen LogP contribution >= 0.6 is 0 Å². The fourth-order valence-corrected chi connectivity index (χ4v) is 3.70. The second kappa shape index (κ2) is 6.78. The van der Waals surface area contributed by atoms with Gasteiger partial charge in [0.1, 0.15) is 5.76 Å². The molecule has 1 aliphatic rings. The Morgan fingerprint density at radius 1 is 1.14 bits per heavy atom. The standard InChI is InChI=1S/C22H22N2O4/c1-14-11-18(16(3)24(14)20-12-15(2)28-23-20)19(25)13-27-21(26)22(9-10-22)17-7-5-4-6-8-17/h4-8,11-12H,9-10,13H2,1-3H3. The number of Topliss-reactive ketones (excluding diaryl/α,β-unsaturated/α-hetero) is 1. The molecule has 0 radical (unpaired) electrons. The summed E-state index contributed by atoms with van der Waals surface area (Å²) in [6.07, 6.45) is 1.51. The van der Waals surface area contributed by atoms with Gasteiger partial charge in [-0.05, 0) is 45.2 Å². The van der Waals surface area contributed by atoms with Gasteiger partial charge in [0, 0.05) is 23.0 Å². The average Bonchev–Trinajstić information content (AvgIpc) is 3.32. The normalized spacial score (nSPS) is 14.7. The Balaban J connectivity index is 1.49. The number of aryl methyl sites for hydroxylation is 2. The minimum absolute atomic E-state index is 0.225. The zero-order valence-corrected chi connectivity index (χ0v) is 16.2. The highest BCUT2D eigenvalue weighted by atomic mass is 16.5. The summed E-state index contributed by atoms with van der Waals surface area (Å²) in [7, 11) is 0. The molecule has 4 rings (SSSR count). The number of rotatable bonds is 6. The van der Waals surface area contributed by atoms with E-state index in [0.717, 1.165) is 29.8 Å². The second-order valence-corrected chi connectivity index (χ2v) is 7.36. The molecular weight excluding hydrogens is 356 g/mol. The topological polar surface area (TPSA) is 74.3 Å². The van der Waals surface area contributed by atoms with E-state index in [-0.39, 0.29) is 18.4 Å². The maximum absolute atomic E-state index is 12.7. The van der Waals surface area contributed by atoms with E-state index in [4.69, 9.17) is 9.26 Å². The molecule has 1 aromatic carbocycles. The lowest BCUT2D eigenvalue weighted by atomic mass is 9.96. The summed E-state index contributed by atoms with van der Waals surface area (Å²) < 4.78 is 12.4. The van der Waals surface area contributed by atoms with Crippen molar-refractivity contribution in [2.75, 3.05) is 6.61 Å². The van der Waals surface area contributed by atoms with Gasteiger partial charge >= 0.3 is 5.97 Å². The second-order valence-electron chi connectivity index (χ2n) is 7.36. The molecule has 3 aromatic rings. The van der Waals surface area contributed by atoms with Crippen LogP contribution in [-0.4, -0.2) is 28.1 Å². The van der Waals surface area contributed by atoms with Gasteiger partial charge in [0.25, 0.3) is 0 Å². The van der Waals surface area contributed by atoms with Crippen molar-refractivity contribution in [3.05, 3.63) is 70.7 Å². The first-order valence-corrected chi connectivity index (χ1v) is 9.31. The number of esters is 1. The highest BCUT2D eigenvalue weighted by molar-refractivity contribution is 6.00. The van der Waals surface area contributed by atoms with Crippen molar-refractivity contribution in [1.82, 2.24) is 9.72 Å². The van der Waals surface area contributed by atoms with Gasteiger partial charge in [-0.15, -0.1) is 0 Å². The Morgan fingerprint density at radius 3 is 2.46 bits per heavy atom. The molecule has 0 atom stereocenters. The van der Waals surface area contributed by atoms with E-state index in [0.29, 0.717) is 17.1 Å². The number of aromatic nitrogens is 2. The number of ketones is 1. The molecule has 144 valence electrons. The Bertz CT molecular complexity index is 1040. The van der Waals surface area contributed by atoms with E-state index in [1.54, 1.807) is 6.07 Å². The third kappa shape index (κ3) is 3.05. The van der Waals surface area contributed by atoms with E-state index in [1.807, 2.05) is 61.7 Å². The molecule has 0 bridgehead atoms. The molecular formula is C22H22N2O4. The molecule has 28 heavy (non-hydrogen) atoms. The van der Waals surface area contributed by atoms with Crippen molar-refractivity contribution >= 4 is 11.8 Å². The largest absolute Gasteiger partial charge is 0.457 e. The van der Waals surface area contributed by atoms with Crippen LogP contribution in [0, 0.1) is 20.8 Å². The Labute approximate surface area is 163 Å². The van der Waals surface area contributed by atoms with Crippen LogP contribution < -0.4 is 0 Å². The predicted octanol–water partition coefficient (Wildman–Crippen LogP) is 3.85. The van der Waals surface area contributed by atoms with Crippen molar-refractivity contribution in [2.45, 2.75) is 39.0 Å². The molecule has 2 aromatic heterocycles. The lowest BCUT2D eigenvalue weighted by Crippen LogP contribution is -2.26. The zero-order chi connectivity index (χ0) is 19.9. The Hall–Kier alpha value is -3.15. The molecule has 2 heterocycles. The molecule has 6 heteroatoms. The van der Waals surface area contributed by atoms with Gasteiger partial charge in [0.15, 0.2) is 12.4 Å².